The molecule has 8 nitrogen and oxygen atoms in total. The van der Waals surface area contributed by atoms with Crippen LogP contribution in [0.5, 0.6) is 5.75 Å². The van der Waals surface area contributed by atoms with Gasteiger partial charge in [-0.15, -0.1) is 18.3 Å². The minimum absolute atomic E-state index is 0.159. The molecule has 13 heteroatoms. The highest BCUT2D eigenvalue weighted by molar-refractivity contribution is 8.15. The van der Waals surface area contributed by atoms with Crippen LogP contribution in [0.1, 0.15) is 23.1 Å². The van der Waals surface area contributed by atoms with Gasteiger partial charge in [0, 0.05) is 11.1 Å². The van der Waals surface area contributed by atoms with Gasteiger partial charge in [0.15, 0.2) is 11.0 Å². The van der Waals surface area contributed by atoms with Crippen LogP contribution in [0.3, 0.4) is 0 Å². The van der Waals surface area contributed by atoms with Crippen LogP contribution in [0.4, 0.5) is 23.2 Å². The second-order valence-electron chi connectivity index (χ2n) is 9.43. The number of aryl methyl sites for hydroxylation is 2. The number of aromatic nitrogens is 3. The van der Waals surface area contributed by atoms with Crippen molar-refractivity contribution in [1.29, 1.82) is 0 Å². The highest BCUT2D eigenvalue weighted by atomic mass is 32.2. The number of benzene rings is 3. The molecule has 2 amide bonds. The van der Waals surface area contributed by atoms with Crippen LogP contribution < -0.4 is 9.64 Å². The summed E-state index contributed by atoms with van der Waals surface area (Å²) in [5.74, 6) is -1.27. The zero-order chi connectivity index (χ0) is 30.7. The Morgan fingerprint density at radius 2 is 1.72 bits per heavy atom. The Labute approximate surface area is 247 Å². The number of para-hydroxylation sites is 1. The van der Waals surface area contributed by atoms with Crippen molar-refractivity contribution in [2.75, 3.05) is 10.7 Å². The molecule has 43 heavy (non-hydrogen) atoms. The molecule has 3 aromatic carbocycles. The first kappa shape index (κ1) is 29.7. The van der Waals surface area contributed by atoms with Gasteiger partial charge in [-0.3, -0.25) is 14.5 Å². The summed E-state index contributed by atoms with van der Waals surface area (Å²) in [7, 11) is 0. The number of alkyl halides is 3. The normalized spacial score (nSPS) is 14.9. The first-order valence-corrected chi connectivity index (χ1v) is 13.8. The highest BCUT2D eigenvalue weighted by Crippen LogP contribution is 2.32. The number of thioether (sulfide) groups is 1. The van der Waals surface area contributed by atoms with Crippen molar-refractivity contribution in [2.24, 2.45) is 4.99 Å². The van der Waals surface area contributed by atoms with E-state index in [4.69, 9.17) is 0 Å². The molecule has 1 aliphatic rings. The van der Waals surface area contributed by atoms with Gasteiger partial charge in [0.05, 0.1) is 23.5 Å². The molecule has 0 aliphatic carbocycles. The summed E-state index contributed by atoms with van der Waals surface area (Å²) in [6.45, 7) is 3.75. The molecule has 1 fully saturated rings. The maximum absolute atomic E-state index is 14.9. The van der Waals surface area contributed by atoms with Gasteiger partial charge in [-0.25, -0.2) is 14.1 Å². The fourth-order valence-electron chi connectivity index (χ4n) is 4.37. The standard InChI is InChI=1S/C30H23F4N5O3S/c1-18-4-3-5-19(2)27(18)39-26(41)16-43-29(39)36-25(40)15-14-24(31)20-6-8-21(9-7-20)28-35-17-38(37-28)22-10-12-23(13-11-22)42-30(32,33)34/h3-14,17H,15-16H2,1-2H3/b24-14-,36-29-. The van der Waals surface area contributed by atoms with E-state index in [2.05, 4.69) is 19.8 Å². The van der Waals surface area contributed by atoms with Crippen molar-refractivity contribution in [3.63, 3.8) is 0 Å². The monoisotopic (exact) mass is 609 g/mol. The van der Waals surface area contributed by atoms with E-state index in [0.717, 1.165) is 41.1 Å². The Morgan fingerprint density at radius 3 is 2.37 bits per heavy atom. The number of hydrogen-bond donors (Lipinski definition) is 0. The van der Waals surface area contributed by atoms with Gasteiger partial charge in [-0.1, -0.05) is 54.2 Å². The van der Waals surface area contributed by atoms with Crippen LogP contribution in [0, 0.1) is 13.8 Å². The van der Waals surface area contributed by atoms with Gasteiger partial charge >= 0.3 is 6.36 Å². The van der Waals surface area contributed by atoms with Crippen molar-refractivity contribution in [3.05, 3.63) is 95.8 Å². The van der Waals surface area contributed by atoms with Gasteiger partial charge in [0.2, 0.25) is 5.91 Å². The van der Waals surface area contributed by atoms with E-state index in [-0.39, 0.29) is 34.6 Å². The Balaban J connectivity index is 1.24. The number of carbonyl (C=O) groups excluding carboxylic acids is 2. The molecule has 1 aromatic heterocycles. The van der Waals surface area contributed by atoms with Crippen molar-refractivity contribution < 1.29 is 31.9 Å². The smallest absolute Gasteiger partial charge is 0.406 e. The molecule has 0 atom stereocenters. The molecule has 0 bridgehead atoms. The summed E-state index contributed by atoms with van der Waals surface area (Å²) in [6.07, 6.45) is -2.56. The number of amidine groups is 1. The Bertz CT molecular complexity index is 1710. The fraction of sp³-hybridized carbons (Fsp3) is 0.167. The maximum Gasteiger partial charge on any atom is 0.573 e. The number of halogens is 4. The maximum atomic E-state index is 14.9. The number of nitrogens with zero attached hydrogens (tertiary/aromatic N) is 5. The summed E-state index contributed by atoms with van der Waals surface area (Å²) in [6, 6.07) is 17.0. The van der Waals surface area contributed by atoms with Crippen LogP contribution in [0.25, 0.3) is 22.9 Å². The van der Waals surface area contributed by atoms with Crippen molar-refractivity contribution in [1.82, 2.24) is 14.8 Å². The van der Waals surface area contributed by atoms with Gasteiger partial charge in [0.1, 0.15) is 17.9 Å². The highest BCUT2D eigenvalue weighted by Gasteiger charge is 2.32. The van der Waals surface area contributed by atoms with Crippen molar-refractivity contribution >= 4 is 40.3 Å². The molecule has 0 radical (unpaired) electrons. The van der Waals surface area contributed by atoms with E-state index in [1.807, 2.05) is 32.0 Å². The lowest BCUT2D eigenvalue weighted by atomic mass is 10.1. The Hall–Kier alpha value is -4.78. The third-order valence-corrected chi connectivity index (χ3v) is 7.27. The number of amides is 2. The Kier molecular flexibility index (Phi) is 8.44. The molecular formula is C30H23F4N5O3S. The van der Waals surface area contributed by atoms with Gasteiger partial charge in [-0.2, -0.15) is 4.99 Å². The summed E-state index contributed by atoms with van der Waals surface area (Å²) < 4.78 is 57.3. The largest absolute Gasteiger partial charge is 0.573 e. The van der Waals surface area contributed by atoms with E-state index < -0.39 is 18.1 Å². The summed E-state index contributed by atoms with van der Waals surface area (Å²) in [5, 5.41) is 4.59. The summed E-state index contributed by atoms with van der Waals surface area (Å²) >= 11 is 1.16. The topological polar surface area (TPSA) is 89.7 Å². The number of anilines is 1. The van der Waals surface area contributed by atoms with E-state index in [1.165, 1.54) is 40.2 Å². The molecule has 0 spiro atoms. The first-order chi connectivity index (χ1) is 20.5. The number of carbonyl (C=O) groups is 2. The molecule has 5 rings (SSSR count). The van der Waals surface area contributed by atoms with Crippen molar-refractivity contribution in [3.8, 4) is 22.8 Å². The molecule has 220 valence electrons. The predicted octanol–water partition coefficient (Wildman–Crippen LogP) is 6.81. The third kappa shape index (κ3) is 7.00. The molecule has 0 saturated carbocycles. The second kappa shape index (κ2) is 12.2. The summed E-state index contributed by atoms with van der Waals surface area (Å²) in [4.78, 5) is 34.9. The quantitative estimate of drug-likeness (QED) is 0.214. The van der Waals surface area contributed by atoms with E-state index >= 15 is 0 Å². The SMILES string of the molecule is Cc1cccc(C)c1N1C(=O)CS/C1=N\C(=O)C/C=C(\F)c1ccc(-c2ncn(-c3ccc(OC(F)(F)F)cc3)n2)cc1. The summed E-state index contributed by atoms with van der Waals surface area (Å²) in [5.41, 5.74) is 3.71. The molecule has 4 aromatic rings. The van der Waals surface area contributed by atoms with Crippen LogP contribution in [-0.4, -0.2) is 43.9 Å². The van der Waals surface area contributed by atoms with Gasteiger partial charge in [-0.05, 0) is 55.3 Å². The van der Waals surface area contributed by atoms with Crippen LogP contribution in [0.15, 0.2) is 84.1 Å². The number of hydrogen-bond acceptors (Lipinski definition) is 6. The minimum Gasteiger partial charge on any atom is -0.406 e. The molecule has 1 saturated heterocycles. The lowest BCUT2D eigenvalue weighted by Crippen LogP contribution is -2.31. The van der Waals surface area contributed by atoms with Crippen LogP contribution in [0.2, 0.25) is 0 Å². The average molecular weight is 610 g/mol. The lowest BCUT2D eigenvalue weighted by molar-refractivity contribution is -0.274. The average Bonchev–Trinajstić information content (AvgIpc) is 3.59. The zero-order valence-corrected chi connectivity index (χ0v) is 23.6. The Morgan fingerprint density at radius 1 is 1.05 bits per heavy atom. The van der Waals surface area contributed by atoms with E-state index in [0.29, 0.717) is 22.8 Å². The first-order valence-electron chi connectivity index (χ1n) is 12.9. The number of rotatable bonds is 7. The predicted molar refractivity (Wildman–Crippen MR) is 155 cm³/mol. The molecule has 0 unspecified atom stereocenters. The molecule has 1 aliphatic heterocycles. The van der Waals surface area contributed by atoms with Crippen molar-refractivity contribution in [2.45, 2.75) is 26.6 Å². The van der Waals surface area contributed by atoms with Gasteiger partial charge in [0.25, 0.3) is 5.91 Å². The molecule has 2 heterocycles. The number of aliphatic imine (C=N–C) groups is 1. The van der Waals surface area contributed by atoms with E-state index in [9.17, 15) is 27.2 Å². The number of ether oxygens (including phenoxy) is 1. The molecule has 0 N–H and O–H groups in total. The van der Waals surface area contributed by atoms with E-state index in [1.54, 1.807) is 12.1 Å². The van der Waals surface area contributed by atoms with Gasteiger partial charge < -0.3 is 4.74 Å². The van der Waals surface area contributed by atoms with Crippen LogP contribution in [-0.2, 0) is 9.59 Å². The second-order valence-corrected chi connectivity index (χ2v) is 10.4. The fourth-order valence-corrected chi connectivity index (χ4v) is 5.24. The lowest BCUT2D eigenvalue weighted by Gasteiger charge is -2.20. The zero-order valence-electron chi connectivity index (χ0n) is 22.8. The minimum atomic E-state index is -4.79. The van der Waals surface area contributed by atoms with Crippen LogP contribution >= 0.6 is 11.8 Å². The third-order valence-electron chi connectivity index (χ3n) is 6.35. The molecular weight excluding hydrogens is 586 g/mol.